The number of benzene rings is 5. The first-order valence-electron chi connectivity index (χ1n) is 18.1. The molecule has 8 heteroatoms. The van der Waals surface area contributed by atoms with Crippen molar-refractivity contribution in [1.82, 2.24) is 19.9 Å². The quantitative estimate of drug-likeness (QED) is 0.147. The first-order valence-corrected chi connectivity index (χ1v) is 18.1. The van der Waals surface area contributed by atoms with Crippen molar-refractivity contribution >= 4 is 23.2 Å². The summed E-state index contributed by atoms with van der Waals surface area (Å²) in [5, 5.41) is 0. The Morgan fingerprint density at radius 3 is 1.27 bits per heavy atom. The van der Waals surface area contributed by atoms with Crippen molar-refractivity contribution in [1.29, 1.82) is 0 Å². The summed E-state index contributed by atoms with van der Waals surface area (Å²) in [6.45, 7) is 0. The number of hydrogen-bond donors (Lipinski definition) is 0. The third-order valence-electron chi connectivity index (χ3n) is 9.72. The van der Waals surface area contributed by atoms with Crippen molar-refractivity contribution in [3.05, 3.63) is 194 Å². The molecule has 2 amide bonds. The van der Waals surface area contributed by atoms with Crippen LogP contribution in [0.2, 0.25) is 0 Å². The predicted octanol–water partition coefficient (Wildman–Crippen LogP) is 10.2. The zero-order chi connectivity index (χ0) is 38.4. The van der Waals surface area contributed by atoms with Gasteiger partial charge in [0.1, 0.15) is 0 Å². The fourth-order valence-corrected chi connectivity index (χ4v) is 6.66. The highest BCUT2D eigenvalue weighted by molar-refractivity contribution is 6.11. The van der Waals surface area contributed by atoms with E-state index in [1.165, 1.54) is 0 Å². The van der Waals surface area contributed by atoms with Crippen LogP contribution in [0.5, 0.6) is 0 Å². The Kier molecular flexibility index (Phi) is 10.0. The fraction of sp³-hybridized carbons (Fsp3) is 0.0417. The number of pyridine rings is 2. The van der Waals surface area contributed by atoms with Gasteiger partial charge in [0.2, 0.25) is 0 Å². The number of hydrogen-bond acceptors (Lipinski definition) is 6. The van der Waals surface area contributed by atoms with E-state index in [0.29, 0.717) is 28.3 Å². The van der Waals surface area contributed by atoms with Gasteiger partial charge in [0.05, 0.1) is 11.4 Å². The number of carbonyl (C=O) groups is 2. The van der Waals surface area contributed by atoms with E-state index in [1.807, 2.05) is 146 Å². The lowest BCUT2D eigenvalue weighted by molar-refractivity contribution is 0.0992. The Morgan fingerprint density at radius 1 is 0.393 bits per heavy atom. The summed E-state index contributed by atoms with van der Waals surface area (Å²) in [6.07, 6.45) is 6.96. The van der Waals surface area contributed by atoms with Gasteiger partial charge in [0, 0.05) is 78.1 Å². The topological polar surface area (TPSA) is 92.2 Å². The number of rotatable bonds is 9. The molecular weight excluding hydrogens is 693 g/mol. The summed E-state index contributed by atoms with van der Waals surface area (Å²) in [6, 6.07) is 50.2. The van der Waals surface area contributed by atoms with Gasteiger partial charge in [0.25, 0.3) is 11.8 Å². The lowest BCUT2D eigenvalue weighted by Gasteiger charge is -2.21. The normalized spacial score (nSPS) is 10.8. The molecule has 0 atom stereocenters. The lowest BCUT2D eigenvalue weighted by Crippen LogP contribution is -2.28. The zero-order valence-corrected chi connectivity index (χ0v) is 30.8. The van der Waals surface area contributed by atoms with E-state index in [1.54, 1.807) is 60.8 Å². The van der Waals surface area contributed by atoms with Gasteiger partial charge in [-0.15, -0.1) is 0 Å². The molecule has 270 valence electrons. The number of nitrogens with zero attached hydrogens (tertiary/aromatic N) is 6. The largest absolute Gasteiger partial charge is 0.311 e. The van der Waals surface area contributed by atoms with Gasteiger partial charge >= 0.3 is 0 Å². The molecule has 0 bridgehead atoms. The molecule has 8 rings (SSSR count). The summed E-state index contributed by atoms with van der Waals surface area (Å²) < 4.78 is 0. The van der Waals surface area contributed by atoms with E-state index in [0.717, 1.165) is 50.3 Å². The van der Waals surface area contributed by atoms with Crippen LogP contribution < -0.4 is 9.80 Å². The van der Waals surface area contributed by atoms with Crippen LogP contribution in [-0.2, 0) is 0 Å². The molecule has 0 spiro atoms. The second-order valence-electron chi connectivity index (χ2n) is 13.2. The van der Waals surface area contributed by atoms with Crippen LogP contribution in [0.15, 0.2) is 183 Å². The molecule has 5 aromatic carbocycles. The third-order valence-corrected chi connectivity index (χ3v) is 9.72. The van der Waals surface area contributed by atoms with Gasteiger partial charge in [-0.25, -0.2) is 9.97 Å². The van der Waals surface area contributed by atoms with Gasteiger partial charge in [-0.1, -0.05) is 84.9 Å². The number of carbonyl (C=O) groups excluding carboxylic acids is 2. The molecule has 0 fully saturated rings. The van der Waals surface area contributed by atoms with E-state index in [2.05, 4.69) is 19.9 Å². The maximum Gasteiger partial charge on any atom is 0.258 e. The summed E-state index contributed by atoms with van der Waals surface area (Å²) >= 11 is 0. The second-order valence-corrected chi connectivity index (χ2v) is 13.2. The van der Waals surface area contributed by atoms with E-state index in [4.69, 9.17) is 0 Å². The summed E-state index contributed by atoms with van der Waals surface area (Å²) in [4.78, 5) is 49.6. The summed E-state index contributed by atoms with van der Waals surface area (Å²) in [5.74, 6) is 0.143. The maximum atomic E-state index is 14.4. The molecule has 8 nitrogen and oxygen atoms in total. The van der Waals surface area contributed by atoms with Crippen LogP contribution >= 0.6 is 0 Å². The van der Waals surface area contributed by atoms with E-state index < -0.39 is 0 Å². The first kappa shape index (κ1) is 35.4. The molecule has 0 saturated heterocycles. The standard InChI is InChI=1S/C48H36N6O2/c1-53(40-22-18-34(19-23-40)44-12-5-7-26-49-44)47(55)38-30-37(43-11-4-3-10-42(43)33-14-16-36(17-15-33)46-51-28-9-29-52-46)31-39(32-38)48(56)54(2)41-24-20-35(21-25-41)45-13-6-8-27-50-45/h3-32H,1-2H3. The highest BCUT2D eigenvalue weighted by Crippen LogP contribution is 2.35. The average Bonchev–Trinajstić information content (AvgIpc) is 3.29. The minimum atomic E-state index is -0.251. The predicted molar refractivity (Wildman–Crippen MR) is 223 cm³/mol. The zero-order valence-electron chi connectivity index (χ0n) is 30.8. The average molecular weight is 729 g/mol. The monoisotopic (exact) mass is 728 g/mol. The summed E-state index contributed by atoms with van der Waals surface area (Å²) in [5.41, 5.74) is 10.2. The molecular formula is C48H36N6O2. The van der Waals surface area contributed by atoms with Gasteiger partial charge in [-0.3, -0.25) is 19.6 Å². The van der Waals surface area contributed by atoms with Crippen molar-refractivity contribution in [3.8, 4) is 56.2 Å². The highest BCUT2D eigenvalue weighted by Gasteiger charge is 2.22. The summed E-state index contributed by atoms with van der Waals surface area (Å²) in [7, 11) is 3.49. The molecule has 0 aliphatic rings. The van der Waals surface area contributed by atoms with Crippen molar-refractivity contribution in [2.75, 3.05) is 23.9 Å². The van der Waals surface area contributed by atoms with Crippen LogP contribution in [0.3, 0.4) is 0 Å². The molecule has 3 aromatic heterocycles. The van der Waals surface area contributed by atoms with Crippen LogP contribution in [0.1, 0.15) is 20.7 Å². The molecule has 0 aliphatic carbocycles. The fourth-order valence-electron chi connectivity index (χ4n) is 6.66. The second kappa shape index (κ2) is 15.8. The molecule has 8 aromatic rings. The maximum absolute atomic E-state index is 14.4. The Morgan fingerprint density at radius 2 is 0.804 bits per heavy atom. The number of anilines is 2. The molecule has 56 heavy (non-hydrogen) atoms. The van der Waals surface area contributed by atoms with Gasteiger partial charge in [0.15, 0.2) is 5.82 Å². The third kappa shape index (κ3) is 7.44. The van der Waals surface area contributed by atoms with Crippen molar-refractivity contribution < 1.29 is 9.59 Å². The minimum absolute atomic E-state index is 0.251. The first-order chi connectivity index (χ1) is 27.4. The van der Waals surface area contributed by atoms with Crippen LogP contribution in [0.25, 0.3) is 56.2 Å². The van der Waals surface area contributed by atoms with Gasteiger partial charge in [-0.05, 0) is 95.1 Å². The molecule has 0 aliphatic heterocycles. The lowest BCUT2D eigenvalue weighted by atomic mass is 9.91. The highest BCUT2D eigenvalue weighted by atomic mass is 16.2. The Bertz CT molecular complexity index is 2500. The van der Waals surface area contributed by atoms with Crippen molar-refractivity contribution in [2.24, 2.45) is 0 Å². The molecule has 0 saturated carbocycles. The van der Waals surface area contributed by atoms with Crippen LogP contribution in [0.4, 0.5) is 11.4 Å². The van der Waals surface area contributed by atoms with E-state index in [9.17, 15) is 9.59 Å². The van der Waals surface area contributed by atoms with Gasteiger partial charge < -0.3 is 9.80 Å². The smallest absolute Gasteiger partial charge is 0.258 e. The minimum Gasteiger partial charge on any atom is -0.311 e. The SMILES string of the molecule is CN(C(=O)c1cc(C(=O)N(C)c2ccc(-c3ccccn3)cc2)cc(-c2ccccc2-c2ccc(-c3ncccn3)cc2)c1)c1ccc(-c2ccccn2)cc1. The van der Waals surface area contributed by atoms with E-state index in [-0.39, 0.29) is 11.8 Å². The Balaban J connectivity index is 1.16. The molecule has 0 unspecified atom stereocenters. The Labute approximate surface area is 325 Å². The molecule has 0 N–H and O–H groups in total. The van der Waals surface area contributed by atoms with Crippen LogP contribution in [0, 0.1) is 0 Å². The van der Waals surface area contributed by atoms with Crippen molar-refractivity contribution in [3.63, 3.8) is 0 Å². The Hall–Kier alpha value is -7.58. The van der Waals surface area contributed by atoms with Crippen LogP contribution in [-0.4, -0.2) is 45.8 Å². The van der Waals surface area contributed by atoms with Crippen molar-refractivity contribution in [2.45, 2.75) is 0 Å². The van der Waals surface area contributed by atoms with Gasteiger partial charge in [-0.2, -0.15) is 0 Å². The molecule has 3 heterocycles. The van der Waals surface area contributed by atoms with E-state index >= 15 is 0 Å². The number of aromatic nitrogens is 4. The molecule has 0 radical (unpaired) electrons. The number of amides is 2.